The van der Waals surface area contributed by atoms with Crippen molar-refractivity contribution in [2.75, 3.05) is 13.6 Å². The molecule has 2 unspecified atom stereocenters. The average molecular weight is 183 g/mol. The molecule has 0 aromatic heterocycles. The van der Waals surface area contributed by atoms with Crippen molar-refractivity contribution in [2.24, 2.45) is 11.8 Å². The first kappa shape index (κ1) is 9.35. The smallest absolute Gasteiger partial charge is 0.345 e. The van der Waals surface area contributed by atoms with Gasteiger partial charge in [0.1, 0.15) is 0 Å². The first-order chi connectivity index (χ1) is 5.34. The third kappa shape index (κ3) is 1.40. The van der Waals surface area contributed by atoms with Crippen molar-refractivity contribution in [3.63, 3.8) is 0 Å². The molecule has 1 amide bonds. The van der Waals surface area contributed by atoms with E-state index < -0.39 is 23.9 Å². The van der Waals surface area contributed by atoms with Gasteiger partial charge in [-0.3, -0.25) is 4.79 Å². The molecule has 0 radical (unpaired) electrons. The van der Waals surface area contributed by atoms with Crippen LogP contribution in [0.1, 0.15) is 8.35 Å². The summed E-state index contributed by atoms with van der Waals surface area (Å²) in [5.41, 5.74) is 0. The quantitative estimate of drug-likeness (QED) is 0.557. The van der Waals surface area contributed by atoms with Gasteiger partial charge in [-0.2, -0.15) is 13.2 Å². The van der Waals surface area contributed by atoms with E-state index in [2.05, 4.69) is 0 Å². The molecule has 1 rings (SSSR count). The van der Waals surface area contributed by atoms with Crippen molar-refractivity contribution in [3.8, 4) is 0 Å². The van der Waals surface area contributed by atoms with Crippen LogP contribution in [0, 0.1) is 11.8 Å². The Balaban J connectivity index is 0.00000144. The van der Waals surface area contributed by atoms with E-state index in [1.165, 1.54) is 14.0 Å². The van der Waals surface area contributed by atoms with Crippen LogP contribution in [0.2, 0.25) is 0 Å². The minimum atomic E-state index is -4.25. The Bertz CT molecular complexity index is 206. The van der Waals surface area contributed by atoms with Crippen LogP contribution >= 0.6 is 0 Å². The molecule has 72 valence electrons. The van der Waals surface area contributed by atoms with Crippen molar-refractivity contribution in [1.82, 2.24) is 4.90 Å². The SMILES string of the molecule is CC1C(=O)N(C)CC1C(F)(F)F.[HH]. The highest BCUT2D eigenvalue weighted by molar-refractivity contribution is 5.80. The van der Waals surface area contributed by atoms with Crippen LogP contribution < -0.4 is 0 Å². The zero-order chi connectivity index (χ0) is 9.52. The van der Waals surface area contributed by atoms with Gasteiger partial charge < -0.3 is 4.90 Å². The predicted octanol–water partition coefficient (Wildman–Crippen LogP) is 1.52. The Kier molecular flexibility index (Phi) is 2.06. The molecule has 2 nitrogen and oxygen atoms in total. The summed E-state index contributed by atoms with van der Waals surface area (Å²) >= 11 is 0. The van der Waals surface area contributed by atoms with E-state index in [1.807, 2.05) is 0 Å². The van der Waals surface area contributed by atoms with Gasteiger partial charge in [-0.15, -0.1) is 0 Å². The number of halogens is 3. The van der Waals surface area contributed by atoms with Gasteiger partial charge in [0.25, 0.3) is 0 Å². The number of hydrogen-bond donors (Lipinski definition) is 0. The van der Waals surface area contributed by atoms with Crippen LogP contribution in [-0.4, -0.2) is 30.6 Å². The fourth-order valence-electron chi connectivity index (χ4n) is 1.45. The highest BCUT2D eigenvalue weighted by Gasteiger charge is 2.50. The lowest BCUT2D eigenvalue weighted by molar-refractivity contribution is -0.180. The Morgan fingerprint density at radius 3 is 2.25 bits per heavy atom. The van der Waals surface area contributed by atoms with Crippen molar-refractivity contribution >= 4 is 5.91 Å². The van der Waals surface area contributed by atoms with Gasteiger partial charge in [-0.25, -0.2) is 0 Å². The number of nitrogens with zero attached hydrogens (tertiary/aromatic N) is 1. The lowest BCUT2D eigenvalue weighted by Gasteiger charge is -2.16. The van der Waals surface area contributed by atoms with Crippen LogP contribution in [0.15, 0.2) is 0 Å². The third-order valence-electron chi connectivity index (χ3n) is 2.26. The summed E-state index contributed by atoms with van der Waals surface area (Å²) in [6.07, 6.45) is -4.25. The van der Waals surface area contributed by atoms with Crippen LogP contribution in [0.5, 0.6) is 0 Å². The Hall–Kier alpha value is -0.740. The molecule has 0 aromatic rings. The zero-order valence-electron chi connectivity index (χ0n) is 6.85. The van der Waals surface area contributed by atoms with Crippen LogP contribution in [0.4, 0.5) is 13.2 Å². The monoisotopic (exact) mass is 183 g/mol. The van der Waals surface area contributed by atoms with Crippen LogP contribution in [0.3, 0.4) is 0 Å². The van der Waals surface area contributed by atoms with Crippen LogP contribution in [-0.2, 0) is 4.79 Å². The number of rotatable bonds is 0. The molecule has 1 fully saturated rings. The fraction of sp³-hybridized carbons (Fsp3) is 0.857. The summed E-state index contributed by atoms with van der Waals surface area (Å²) in [7, 11) is 1.39. The molecular weight excluding hydrogens is 171 g/mol. The van der Waals surface area contributed by atoms with Gasteiger partial charge in [0.05, 0.1) is 5.92 Å². The standard InChI is InChI=1S/C7H10F3NO.H2/c1-4-5(7(8,9)10)3-11(2)6(4)12;/h4-5H,3H2,1-2H3;1H. The van der Waals surface area contributed by atoms with Gasteiger partial charge in [-0.1, -0.05) is 6.92 Å². The predicted molar refractivity (Wildman–Crippen MR) is 38.5 cm³/mol. The molecule has 0 N–H and O–H groups in total. The van der Waals surface area contributed by atoms with E-state index in [-0.39, 0.29) is 7.97 Å². The molecule has 0 bridgehead atoms. The summed E-state index contributed by atoms with van der Waals surface area (Å²) in [5.74, 6) is -2.83. The summed E-state index contributed by atoms with van der Waals surface area (Å²) in [6.45, 7) is 1.12. The molecule has 1 heterocycles. The molecule has 1 aliphatic heterocycles. The first-order valence-electron chi connectivity index (χ1n) is 3.65. The van der Waals surface area contributed by atoms with Gasteiger partial charge in [0, 0.05) is 20.9 Å². The van der Waals surface area contributed by atoms with E-state index in [0.717, 1.165) is 4.90 Å². The number of hydrogen-bond acceptors (Lipinski definition) is 1. The molecule has 12 heavy (non-hydrogen) atoms. The van der Waals surface area contributed by atoms with Crippen molar-refractivity contribution < 1.29 is 19.4 Å². The molecule has 0 spiro atoms. The van der Waals surface area contributed by atoms with Crippen molar-refractivity contribution in [2.45, 2.75) is 13.1 Å². The minimum absolute atomic E-state index is 0. The van der Waals surface area contributed by atoms with Gasteiger partial charge >= 0.3 is 6.18 Å². The van der Waals surface area contributed by atoms with Crippen molar-refractivity contribution in [3.05, 3.63) is 0 Å². The first-order valence-corrected chi connectivity index (χ1v) is 3.65. The lowest BCUT2D eigenvalue weighted by atomic mass is 9.97. The number of alkyl halides is 3. The Morgan fingerprint density at radius 2 is 2.08 bits per heavy atom. The number of carbonyl (C=O) groups excluding carboxylic acids is 1. The summed E-state index contributed by atoms with van der Waals surface area (Å²) in [5, 5.41) is 0. The molecule has 2 atom stereocenters. The van der Waals surface area contributed by atoms with Gasteiger partial charge in [0.15, 0.2) is 0 Å². The van der Waals surface area contributed by atoms with Gasteiger partial charge in [-0.05, 0) is 0 Å². The Labute approximate surface area is 69.8 Å². The number of carbonyl (C=O) groups is 1. The maximum atomic E-state index is 12.2. The highest BCUT2D eigenvalue weighted by Crippen LogP contribution is 2.37. The zero-order valence-corrected chi connectivity index (χ0v) is 6.85. The fourth-order valence-corrected chi connectivity index (χ4v) is 1.45. The number of amides is 1. The van der Waals surface area contributed by atoms with Gasteiger partial charge in [0.2, 0.25) is 5.91 Å². The topological polar surface area (TPSA) is 20.3 Å². The summed E-state index contributed by atoms with van der Waals surface area (Å²) < 4.78 is 36.5. The number of likely N-dealkylation sites (tertiary alicyclic amines) is 1. The van der Waals surface area contributed by atoms with E-state index in [9.17, 15) is 18.0 Å². The van der Waals surface area contributed by atoms with Crippen LogP contribution in [0.25, 0.3) is 0 Å². The third-order valence-corrected chi connectivity index (χ3v) is 2.26. The molecule has 5 heteroatoms. The maximum absolute atomic E-state index is 12.2. The maximum Gasteiger partial charge on any atom is 0.394 e. The average Bonchev–Trinajstić information content (AvgIpc) is 2.15. The summed E-state index contributed by atoms with van der Waals surface area (Å²) in [6, 6.07) is 0. The molecule has 0 aliphatic carbocycles. The molecule has 0 aromatic carbocycles. The molecule has 1 aliphatic rings. The molecule has 0 saturated carbocycles. The van der Waals surface area contributed by atoms with Crippen molar-refractivity contribution in [1.29, 1.82) is 0 Å². The lowest BCUT2D eigenvalue weighted by Crippen LogP contribution is -2.28. The van der Waals surface area contributed by atoms with E-state index in [1.54, 1.807) is 0 Å². The van der Waals surface area contributed by atoms with E-state index >= 15 is 0 Å². The highest BCUT2D eigenvalue weighted by atomic mass is 19.4. The second kappa shape index (κ2) is 2.64. The molecule has 1 saturated heterocycles. The second-order valence-electron chi connectivity index (χ2n) is 3.16. The Morgan fingerprint density at radius 1 is 1.58 bits per heavy atom. The molecular formula is C7H12F3NO. The van der Waals surface area contributed by atoms with E-state index in [4.69, 9.17) is 0 Å². The minimum Gasteiger partial charge on any atom is -0.345 e. The normalized spacial score (nSPS) is 31.4. The van der Waals surface area contributed by atoms with E-state index in [0.29, 0.717) is 0 Å². The largest absolute Gasteiger partial charge is 0.394 e. The summed E-state index contributed by atoms with van der Waals surface area (Å²) in [4.78, 5) is 12.1. The second-order valence-corrected chi connectivity index (χ2v) is 3.16.